The number of nitrogens with zero attached hydrogens (tertiary/aromatic N) is 1. The third kappa shape index (κ3) is 2.91. The van der Waals surface area contributed by atoms with E-state index in [1.165, 1.54) is 24.5 Å². The largest absolute Gasteiger partial charge is 1.00 e. The van der Waals surface area contributed by atoms with E-state index in [1.807, 2.05) is 0 Å². The molecule has 1 rings (SSSR count). The van der Waals surface area contributed by atoms with E-state index in [1.54, 1.807) is 0 Å². The molecule has 0 bridgehead atoms. The van der Waals surface area contributed by atoms with Crippen LogP contribution in [0.15, 0.2) is 24.5 Å². The van der Waals surface area contributed by atoms with Crippen LogP contribution in [0.2, 0.25) is 0 Å². The standard InChI is InChI=1S/C7H7NO3.Na/c9-6(7(10)11)5-1-3-8-4-2-5;/h1-4,6,9H,(H,10,11);/q;+1/p-1. The Kier molecular flexibility index (Phi) is 5.08. The van der Waals surface area contributed by atoms with Gasteiger partial charge in [0.25, 0.3) is 0 Å². The molecule has 4 nitrogen and oxygen atoms in total. The molecule has 0 aliphatic rings. The van der Waals surface area contributed by atoms with Crippen LogP contribution in [-0.2, 0) is 4.79 Å². The van der Waals surface area contributed by atoms with Crippen molar-refractivity contribution in [2.45, 2.75) is 6.10 Å². The van der Waals surface area contributed by atoms with Gasteiger partial charge < -0.3 is 15.0 Å². The maximum atomic E-state index is 10.1. The van der Waals surface area contributed by atoms with Gasteiger partial charge in [-0.3, -0.25) is 4.98 Å². The van der Waals surface area contributed by atoms with E-state index in [-0.39, 0.29) is 35.1 Å². The number of carbonyl (C=O) groups is 1. The Labute approximate surface area is 91.5 Å². The van der Waals surface area contributed by atoms with Crippen molar-refractivity contribution in [3.63, 3.8) is 0 Å². The molecule has 58 valence electrons. The average Bonchev–Trinajstić information content (AvgIpc) is 2.05. The van der Waals surface area contributed by atoms with Crippen molar-refractivity contribution < 1.29 is 44.6 Å². The number of aliphatic hydroxyl groups is 1. The van der Waals surface area contributed by atoms with Crippen LogP contribution in [0, 0.1) is 0 Å². The molecule has 0 aliphatic heterocycles. The molecule has 1 aromatic rings. The minimum atomic E-state index is -1.56. The van der Waals surface area contributed by atoms with Crippen molar-refractivity contribution in [3.05, 3.63) is 30.1 Å². The van der Waals surface area contributed by atoms with Crippen LogP contribution in [0.5, 0.6) is 0 Å². The number of aliphatic carboxylic acids is 1. The number of pyridine rings is 1. The predicted octanol–water partition coefficient (Wildman–Crippen LogP) is -4.13. The fraction of sp³-hybridized carbons (Fsp3) is 0.143. The molecule has 0 fully saturated rings. The van der Waals surface area contributed by atoms with Crippen molar-refractivity contribution in [1.29, 1.82) is 0 Å². The topological polar surface area (TPSA) is 73.2 Å². The Morgan fingerprint density at radius 1 is 1.50 bits per heavy atom. The van der Waals surface area contributed by atoms with Crippen LogP contribution in [0.4, 0.5) is 0 Å². The van der Waals surface area contributed by atoms with Crippen molar-refractivity contribution in [2.24, 2.45) is 0 Å². The fourth-order valence-electron chi connectivity index (χ4n) is 0.682. The molecule has 0 saturated carbocycles. The summed E-state index contributed by atoms with van der Waals surface area (Å²) in [7, 11) is 0. The zero-order valence-corrected chi connectivity index (χ0v) is 8.60. The quantitative estimate of drug-likeness (QED) is 0.463. The van der Waals surface area contributed by atoms with Crippen molar-refractivity contribution in [1.82, 2.24) is 4.98 Å². The van der Waals surface area contributed by atoms with Gasteiger partial charge in [0.1, 0.15) is 6.10 Å². The van der Waals surface area contributed by atoms with E-state index >= 15 is 0 Å². The Morgan fingerprint density at radius 2 is 2.00 bits per heavy atom. The van der Waals surface area contributed by atoms with Crippen LogP contribution in [-0.4, -0.2) is 16.1 Å². The van der Waals surface area contributed by atoms with Gasteiger partial charge in [-0.15, -0.1) is 0 Å². The smallest absolute Gasteiger partial charge is 0.547 e. The SMILES string of the molecule is O=C([O-])C(O)c1ccncc1.[Na+]. The minimum Gasteiger partial charge on any atom is -0.547 e. The van der Waals surface area contributed by atoms with E-state index < -0.39 is 12.1 Å². The second-order valence-electron chi connectivity index (χ2n) is 2.00. The first kappa shape index (κ1) is 11.6. The third-order valence-corrected chi connectivity index (χ3v) is 1.25. The molecule has 0 saturated heterocycles. The summed E-state index contributed by atoms with van der Waals surface area (Å²) in [4.78, 5) is 13.8. The monoisotopic (exact) mass is 175 g/mol. The summed E-state index contributed by atoms with van der Waals surface area (Å²) in [6, 6.07) is 2.83. The van der Waals surface area contributed by atoms with Crippen LogP contribution < -0.4 is 34.7 Å². The van der Waals surface area contributed by atoms with Gasteiger partial charge in [0.15, 0.2) is 0 Å². The second kappa shape index (κ2) is 5.27. The molecule has 1 heterocycles. The Bertz CT molecular complexity index is 252. The number of hydrogen-bond donors (Lipinski definition) is 1. The normalized spacial score (nSPS) is 11.4. The Hall–Kier alpha value is -0.420. The molecular weight excluding hydrogens is 169 g/mol. The molecule has 1 aromatic heterocycles. The number of aliphatic hydroxyl groups excluding tert-OH is 1. The van der Waals surface area contributed by atoms with Crippen LogP contribution in [0.1, 0.15) is 11.7 Å². The van der Waals surface area contributed by atoms with E-state index in [9.17, 15) is 9.90 Å². The summed E-state index contributed by atoms with van der Waals surface area (Å²) in [5, 5.41) is 19.0. The zero-order valence-electron chi connectivity index (χ0n) is 6.60. The Balaban J connectivity index is 0.00000121. The van der Waals surface area contributed by atoms with Gasteiger partial charge in [-0.1, -0.05) is 0 Å². The molecule has 1 N–H and O–H groups in total. The maximum absolute atomic E-state index is 10.1. The maximum Gasteiger partial charge on any atom is 1.00 e. The number of aromatic nitrogens is 1. The summed E-state index contributed by atoms with van der Waals surface area (Å²) in [6.07, 6.45) is 1.25. The average molecular weight is 175 g/mol. The van der Waals surface area contributed by atoms with Gasteiger partial charge in [0, 0.05) is 12.4 Å². The first-order valence-electron chi connectivity index (χ1n) is 3.00. The molecule has 1 atom stereocenters. The van der Waals surface area contributed by atoms with Gasteiger partial charge in [0.2, 0.25) is 0 Å². The summed E-state index contributed by atoms with van der Waals surface area (Å²) in [5.74, 6) is -1.50. The minimum absolute atomic E-state index is 0. The number of carboxylic acid groups (broad SMARTS) is 1. The molecule has 1 unspecified atom stereocenters. The van der Waals surface area contributed by atoms with Crippen molar-refractivity contribution >= 4 is 5.97 Å². The molecule has 0 spiro atoms. The van der Waals surface area contributed by atoms with E-state index in [0.29, 0.717) is 0 Å². The van der Waals surface area contributed by atoms with E-state index in [0.717, 1.165) is 0 Å². The van der Waals surface area contributed by atoms with Gasteiger partial charge in [0.05, 0.1) is 5.97 Å². The summed E-state index contributed by atoms with van der Waals surface area (Å²) in [6.45, 7) is 0. The Morgan fingerprint density at radius 3 is 2.42 bits per heavy atom. The van der Waals surface area contributed by atoms with Crippen molar-refractivity contribution in [3.8, 4) is 0 Å². The van der Waals surface area contributed by atoms with Gasteiger partial charge in [-0.2, -0.15) is 0 Å². The van der Waals surface area contributed by atoms with Gasteiger partial charge in [-0.05, 0) is 17.7 Å². The summed E-state index contributed by atoms with van der Waals surface area (Å²) >= 11 is 0. The van der Waals surface area contributed by atoms with Crippen LogP contribution in [0.3, 0.4) is 0 Å². The van der Waals surface area contributed by atoms with E-state index in [2.05, 4.69) is 4.98 Å². The molecule has 0 amide bonds. The first-order valence-corrected chi connectivity index (χ1v) is 3.00. The number of hydrogen-bond acceptors (Lipinski definition) is 4. The van der Waals surface area contributed by atoms with Gasteiger partial charge >= 0.3 is 29.6 Å². The summed E-state index contributed by atoms with van der Waals surface area (Å²) in [5.41, 5.74) is 0.278. The molecular formula is C7H6NNaO3. The van der Waals surface area contributed by atoms with E-state index in [4.69, 9.17) is 5.11 Å². The van der Waals surface area contributed by atoms with Crippen molar-refractivity contribution in [2.75, 3.05) is 0 Å². The molecule has 0 aliphatic carbocycles. The molecule has 12 heavy (non-hydrogen) atoms. The predicted molar refractivity (Wildman–Crippen MR) is 34.2 cm³/mol. The van der Waals surface area contributed by atoms with Crippen LogP contribution >= 0.6 is 0 Å². The number of carbonyl (C=O) groups excluding carboxylic acids is 1. The zero-order chi connectivity index (χ0) is 8.27. The third-order valence-electron chi connectivity index (χ3n) is 1.25. The molecule has 5 heteroatoms. The van der Waals surface area contributed by atoms with Gasteiger partial charge in [-0.25, -0.2) is 0 Å². The summed E-state index contributed by atoms with van der Waals surface area (Å²) < 4.78 is 0. The second-order valence-corrected chi connectivity index (χ2v) is 2.00. The first-order chi connectivity index (χ1) is 5.22. The fourth-order valence-corrected chi connectivity index (χ4v) is 0.682. The molecule has 0 radical (unpaired) electrons. The molecule has 0 aromatic carbocycles. The van der Waals surface area contributed by atoms with Crippen LogP contribution in [0.25, 0.3) is 0 Å². The number of rotatable bonds is 2. The number of carboxylic acids is 1.